The number of rotatable bonds is 6. The molecule has 3 heterocycles. The number of nitro groups is 1. The van der Waals surface area contributed by atoms with Gasteiger partial charge in [0.05, 0.1) is 29.1 Å². The predicted octanol–water partition coefficient (Wildman–Crippen LogP) is 3.37. The second kappa shape index (κ2) is 7.77. The molecule has 0 spiro atoms. The van der Waals surface area contributed by atoms with Crippen molar-refractivity contribution >= 4 is 11.6 Å². The van der Waals surface area contributed by atoms with Gasteiger partial charge in [-0.15, -0.1) is 0 Å². The Balaban J connectivity index is 1.70. The molecule has 4 rings (SSSR count). The molecule has 9 heteroatoms. The number of non-ortho nitro benzene ring substituents is 1. The van der Waals surface area contributed by atoms with Crippen LogP contribution in [0.1, 0.15) is 16.2 Å². The highest BCUT2D eigenvalue weighted by Gasteiger charge is 2.20. The SMILES string of the molecule is O=C(NCc1ccccn1)c1cc(-c2ccco2)nn1-c1cccc([N+](=O)[O-])c1. The van der Waals surface area contributed by atoms with Crippen molar-refractivity contribution < 1.29 is 14.1 Å². The number of aromatic nitrogens is 3. The Morgan fingerprint density at radius 2 is 2.03 bits per heavy atom. The fourth-order valence-corrected chi connectivity index (χ4v) is 2.79. The average molecular weight is 389 g/mol. The summed E-state index contributed by atoms with van der Waals surface area (Å²) >= 11 is 0. The summed E-state index contributed by atoms with van der Waals surface area (Å²) in [4.78, 5) is 27.7. The van der Waals surface area contributed by atoms with Gasteiger partial charge in [0, 0.05) is 24.4 Å². The normalized spacial score (nSPS) is 10.6. The van der Waals surface area contributed by atoms with Gasteiger partial charge in [-0.2, -0.15) is 5.10 Å². The van der Waals surface area contributed by atoms with Gasteiger partial charge in [-0.3, -0.25) is 19.9 Å². The molecule has 0 saturated carbocycles. The number of hydrogen-bond donors (Lipinski definition) is 1. The highest BCUT2D eigenvalue weighted by Crippen LogP contribution is 2.24. The molecule has 3 aromatic heterocycles. The van der Waals surface area contributed by atoms with Gasteiger partial charge in [0.2, 0.25) is 0 Å². The van der Waals surface area contributed by atoms with E-state index in [9.17, 15) is 14.9 Å². The van der Waals surface area contributed by atoms with Crippen LogP contribution in [0.3, 0.4) is 0 Å². The number of nitrogens with one attached hydrogen (secondary N) is 1. The summed E-state index contributed by atoms with van der Waals surface area (Å²) in [7, 11) is 0. The minimum absolute atomic E-state index is 0.0996. The lowest BCUT2D eigenvalue weighted by molar-refractivity contribution is -0.384. The molecule has 29 heavy (non-hydrogen) atoms. The number of nitrogens with zero attached hydrogens (tertiary/aromatic N) is 4. The third-order valence-electron chi connectivity index (χ3n) is 4.16. The molecule has 1 N–H and O–H groups in total. The molecular weight excluding hydrogens is 374 g/mol. The first-order chi connectivity index (χ1) is 14.1. The van der Waals surface area contributed by atoms with Crippen LogP contribution in [-0.2, 0) is 6.54 Å². The Morgan fingerprint density at radius 3 is 2.76 bits per heavy atom. The number of nitro benzene ring substituents is 1. The number of benzene rings is 1. The maximum atomic E-state index is 12.8. The molecule has 0 saturated heterocycles. The van der Waals surface area contributed by atoms with E-state index < -0.39 is 10.8 Å². The molecule has 0 aliphatic rings. The van der Waals surface area contributed by atoms with Crippen molar-refractivity contribution in [1.29, 1.82) is 0 Å². The van der Waals surface area contributed by atoms with Gasteiger partial charge in [0.15, 0.2) is 5.76 Å². The number of hydrogen-bond acceptors (Lipinski definition) is 6. The summed E-state index contributed by atoms with van der Waals surface area (Å²) in [5, 5.41) is 18.3. The van der Waals surface area contributed by atoms with E-state index in [-0.39, 0.29) is 17.9 Å². The molecule has 0 unspecified atom stereocenters. The van der Waals surface area contributed by atoms with Crippen LogP contribution in [0, 0.1) is 10.1 Å². The van der Waals surface area contributed by atoms with Gasteiger partial charge in [-0.25, -0.2) is 4.68 Å². The van der Waals surface area contributed by atoms with Crippen LogP contribution in [-0.4, -0.2) is 25.6 Å². The fourth-order valence-electron chi connectivity index (χ4n) is 2.79. The molecule has 0 aliphatic heterocycles. The highest BCUT2D eigenvalue weighted by atomic mass is 16.6. The number of pyridine rings is 1. The quantitative estimate of drug-likeness (QED) is 0.399. The number of carbonyl (C=O) groups is 1. The van der Waals surface area contributed by atoms with E-state index in [0.717, 1.165) is 0 Å². The first-order valence-corrected chi connectivity index (χ1v) is 8.69. The summed E-state index contributed by atoms with van der Waals surface area (Å²) in [5.74, 6) is 0.0837. The second-order valence-electron chi connectivity index (χ2n) is 6.08. The van der Waals surface area contributed by atoms with E-state index in [0.29, 0.717) is 22.8 Å². The van der Waals surface area contributed by atoms with Crippen molar-refractivity contribution in [2.24, 2.45) is 0 Å². The van der Waals surface area contributed by atoms with Gasteiger partial charge in [-0.1, -0.05) is 12.1 Å². The molecule has 4 aromatic rings. The molecule has 0 radical (unpaired) electrons. The van der Waals surface area contributed by atoms with Crippen LogP contribution < -0.4 is 5.32 Å². The van der Waals surface area contributed by atoms with E-state index in [2.05, 4.69) is 15.4 Å². The predicted molar refractivity (Wildman–Crippen MR) is 103 cm³/mol. The van der Waals surface area contributed by atoms with Crippen LogP contribution in [0.5, 0.6) is 0 Å². The smallest absolute Gasteiger partial charge is 0.271 e. The average Bonchev–Trinajstić information content (AvgIpc) is 3.43. The van der Waals surface area contributed by atoms with Crippen molar-refractivity contribution in [1.82, 2.24) is 20.1 Å². The summed E-state index contributed by atoms with van der Waals surface area (Å²) < 4.78 is 6.73. The maximum Gasteiger partial charge on any atom is 0.271 e. The molecule has 9 nitrogen and oxygen atoms in total. The van der Waals surface area contributed by atoms with Crippen LogP contribution in [0.4, 0.5) is 5.69 Å². The summed E-state index contributed by atoms with van der Waals surface area (Å²) in [6.07, 6.45) is 3.15. The van der Waals surface area contributed by atoms with Crippen molar-refractivity contribution in [3.8, 4) is 17.1 Å². The summed E-state index contributed by atoms with van der Waals surface area (Å²) in [6, 6.07) is 16.3. The van der Waals surface area contributed by atoms with Crippen molar-refractivity contribution in [3.05, 3.63) is 94.6 Å². The molecule has 0 fully saturated rings. The van der Waals surface area contributed by atoms with Gasteiger partial charge in [0.25, 0.3) is 11.6 Å². The van der Waals surface area contributed by atoms with Crippen LogP contribution in [0.15, 0.2) is 77.5 Å². The zero-order chi connectivity index (χ0) is 20.2. The third-order valence-corrected chi connectivity index (χ3v) is 4.16. The van der Waals surface area contributed by atoms with Crippen molar-refractivity contribution in [3.63, 3.8) is 0 Å². The Kier molecular flexibility index (Phi) is 4.85. The monoisotopic (exact) mass is 389 g/mol. The molecule has 1 amide bonds. The second-order valence-corrected chi connectivity index (χ2v) is 6.08. The standard InChI is InChI=1S/C20H15N5O4/c26-20(22-13-14-5-1-2-9-21-14)18-12-17(19-8-4-10-29-19)23-24(18)15-6-3-7-16(11-15)25(27)28/h1-12H,13H2,(H,22,26). The van der Waals surface area contributed by atoms with E-state index in [4.69, 9.17) is 4.42 Å². The Bertz CT molecular complexity index is 1150. The van der Waals surface area contributed by atoms with Gasteiger partial charge in [0.1, 0.15) is 11.4 Å². The Labute approximate surface area is 164 Å². The Morgan fingerprint density at radius 1 is 1.14 bits per heavy atom. The van der Waals surface area contributed by atoms with Crippen LogP contribution >= 0.6 is 0 Å². The molecule has 0 bridgehead atoms. The Hall–Kier alpha value is -4.27. The lowest BCUT2D eigenvalue weighted by Crippen LogP contribution is -2.25. The number of amides is 1. The first kappa shape index (κ1) is 18.1. The van der Waals surface area contributed by atoms with Gasteiger partial charge >= 0.3 is 0 Å². The van der Waals surface area contributed by atoms with E-state index >= 15 is 0 Å². The largest absolute Gasteiger partial charge is 0.463 e. The molecular formula is C20H15N5O4. The number of furan rings is 1. The van der Waals surface area contributed by atoms with Crippen LogP contribution in [0.2, 0.25) is 0 Å². The molecule has 144 valence electrons. The van der Waals surface area contributed by atoms with E-state index in [1.165, 1.54) is 29.1 Å². The minimum atomic E-state index is -0.499. The summed E-state index contributed by atoms with van der Waals surface area (Å²) in [6.45, 7) is 0.232. The zero-order valence-corrected chi connectivity index (χ0v) is 15.1. The lowest BCUT2D eigenvalue weighted by Gasteiger charge is -2.08. The summed E-state index contributed by atoms with van der Waals surface area (Å²) in [5.41, 5.74) is 1.64. The van der Waals surface area contributed by atoms with Crippen molar-refractivity contribution in [2.45, 2.75) is 6.54 Å². The number of carbonyl (C=O) groups excluding carboxylic acids is 1. The van der Waals surface area contributed by atoms with Crippen molar-refractivity contribution in [2.75, 3.05) is 0 Å². The molecule has 0 atom stereocenters. The molecule has 1 aromatic carbocycles. The van der Waals surface area contributed by atoms with E-state index in [1.807, 2.05) is 6.07 Å². The lowest BCUT2D eigenvalue weighted by atomic mass is 10.2. The topological polar surface area (TPSA) is 116 Å². The third kappa shape index (κ3) is 3.88. The van der Waals surface area contributed by atoms with Gasteiger partial charge in [-0.05, 0) is 30.3 Å². The first-order valence-electron chi connectivity index (χ1n) is 8.69. The minimum Gasteiger partial charge on any atom is -0.463 e. The molecule has 0 aliphatic carbocycles. The van der Waals surface area contributed by atoms with E-state index in [1.54, 1.807) is 42.6 Å². The van der Waals surface area contributed by atoms with Crippen LogP contribution in [0.25, 0.3) is 17.1 Å². The zero-order valence-electron chi connectivity index (χ0n) is 15.1. The highest BCUT2D eigenvalue weighted by molar-refractivity contribution is 5.94. The maximum absolute atomic E-state index is 12.8. The fraction of sp³-hybridized carbons (Fsp3) is 0.0500. The van der Waals surface area contributed by atoms with Gasteiger partial charge < -0.3 is 9.73 Å².